The molecule has 0 aliphatic carbocycles. The van der Waals surface area contributed by atoms with Crippen molar-refractivity contribution in [1.82, 2.24) is 24.9 Å². The van der Waals surface area contributed by atoms with Gasteiger partial charge in [-0.05, 0) is 6.07 Å². The standard InChI is InChI=1S/C9H9ClN6O/c1-11-15-8-13-5-16(9(17)14-8)7-4-6(10)2-3-12-7/h2-5,11H,1H3,(H,14,15,17). The minimum atomic E-state index is -0.493. The van der Waals surface area contributed by atoms with Crippen LogP contribution in [-0.4, -0.2) is 26.6 Å². The van der Waals surface area contributed by atoms with Crippen LogP contribution in [0.3, 0.4) is 0 Å². The van der Waals surface area contributed by atoms with Crippen LogP contribution in [0.25, 0.3) is 5.82 Å². The molecule has 88 valence electrons. The Bertz CT molecular complexity index is 584. The first kappa shape index (κ1) is 11.5. The van der Waals surface area contributed by atoms with Gasteiger partial charge in [0.1, 0.15) is 12.1 Å². The fourth-order valence-electron chi connectivity index (χ4n) is 1.19. The summed E-state index contributed by atoms with van der Waals surface area (Å²) in [6, 6.07) is 3.17. The zero-order valence-corrected chi connectivity index (χ0v) is 9.64. The molecule has 0 radical (unpaired) electrons. The molecule has 0 aromatic carbocycles. The first-order valence-electron chi connectivity index (χ1n) is 4.71. The summed E-state index contributed by atoms with van der Waals surface area (Å²) in [7, 11) is 1.65. The maximum atomic E-state index is 11.7. The number of hydrazine groups is 1. The van der Waals surface area contributed by atoms with Crippen molar-refractivity contribution in [1.29, 1.82) is 0 Å². The van der Waals surface area contributed by atoms with Crippen LogP contribution in [0.15, 0.2) is 29.5 Å². The Morgan fingerprint density at radius 2 is 2.24 bits per heavy atom. The second-order valence-electron chi connectivity index (χ2n) is 3.04. The van der Waals surface area contributed by atoms with E-state index in [1.807, 2.05) is 0 Å². The fraction of sp³-hybridized carbons (Fsp3) is 0.111. The molecule has 0 unspecified atom stereocenters. The minimum Gasteiger partial charge on any atom is -0.290 e. The van der Waals surface area contributed by atoms with E-state index in [2.05, 4.69) is 25.8 Å². The van der Waals surface area contributed by atoms with E-state index in [1.165, 1.54) is 17.1 Å². The molecule has 17 heavy (non-hydrogen) atoms. The number of hydrogen-bond donors (Lipinski definition) is 2. The number of nitrogens with zero attached hydrogens (tertiary/aromatic N) is 4. The highest BCUT2D eigenvalue weighted by atomic mass is 35.5. The highest BCUT2D eigenvalue weighted by molar-refractivity contribution is 6.30. The van der Waals surface area contributed by atoms with Crippen LogP contribution in [0.1, 0.15) is 0 Å². The Balaban J connectivity index is 2.43. The van der Waals surface area contributed by atoms with E-state index in [0.29, 0.717) is 10.8 Å². The van der Waals surface area contributed by atoms with Crippen LogP contribution < -0.4 is 16.5 Å². The number of pyridine rings is 1. The molecule has 2 rings (SSSR count). The van der Waals surface area contributed by atoms with Gasteiger partial charge in [-0.2, -0.15) is 4.98 Å². The molecule has 0 atom stereocenters. The van der Waals surface area contributed by atoms with Crippen molar-refractivity contribution in [3.05, 3.63) is 40.2 Å². The average Bonchev–Trinajstić information content (AvgIpc) is 2.29. The quantitative estimate of drug-likeness (QED) is 0.761. The Morgan fingerprint density at radius 3 is 2.88 bits per heavy atom. The summed E-state index contributed by atoms with van der Waals surface area (Å²) in [5.41, 5.74) is 4.73. The van der Waals surface area contributed by atoms with Crippen molar-refractivity contribution < 1.29 is 0 Å². The molecule has 0 saturated carbocycles. The lowest BCUT2D eigenvalue weighted by Gasteiger charge is -2.05. The highest BCUT2D eigenvalue weighted by Crippen LogP contribution is 2.09. The van der Waals surface area contributed by atoms with E-state index < -0.39 is 5.69 Å². The monoisotopic (exact) mass is 252 g/mol. The van der Waals surface area contributed by atoms with Gasteiger partial charge in [-0.25, -0.2) is 24.8 Å². The topological polar surface area (TPSA) is 84.7 Å². The van der Waals surface area contributed by atoms with Crippen molar-refractivity contribution in [3.8, 4) is 5.82 Å². The van der Waals surface area contributed by atoms with Gasteiger partial charge in [0.05, 0.1) is 0 Å². The molecule has 0 spiro atoms. The fourth-order valence-corrected chi connectivity index (χ4v) is 1.34. The SMILES string of the molecule is CNNc1ncn(-c2cc(Cl)ccn2)c(=O)n1. The summed E-state index contributed by atoms with van der Waals surface area (Å²) >= 11 is 5.81. The average molecular weight is 253 g/mol. The Labute approximate surface area is 101 Å². The highest BCUT2D eigenvalue weighted by Gasteiger charge is 2.04. The number of anilines is 1. The van der Waals surface area contributed by atoms with Crippen LogP contribution in [0.2, 0.25) is 5.02 Å². The van der Waals surface area contributed by atoms with Crippen molar-refractivity contribution in [2.24, 2.45) is 0 Å². The lowest BCUT2D eigenvalue weighted by molar-refractivity contribution is 0.819. The molecule has 0 amide bonds. The predicted octanol–water partition coefficient (Wildman–Crippen LogP) is 0.222. The lowest BCUT2D eigenvalue weighted by Crippen LogP contribution is -2.26. The van der Waals surface area contributed by atoms with Gasteiger partial charge in [-0.15, -0.1) is 0 Å². The summed E-state index contributed by atoms with van der Waals surface area (Å²) in [5, 5.41) is 0.485. The van der Waals surface area contributed by atoms with E-state index in [-0.39, 0.29) is 5.95 Å². The lowest BCUT2D eigenvalue weighted by atomic mass is 10.4. The molecule has 0 saturated heterocycles. The van der Waals surface area contributed by atoms with Crippen molar-refractivity contribution in [2.75, 3.05) is 12.5 Å². The van der Waals surface area contributed by atoms with Crippen LogP contribution in [0, 0.1) is 0 Å². The second kappa shape index (κ2) is 4.89. The van der Waals surface area contributed by atoms with Gasteiger partial charge in [0.15, 0.2) is 0 Å². The molecule has 0 aliphatic heterocycles. The molecule has 2 aromatic rings. The maximum Gasteiger partial charge on any atom is 0.357 e. The first-order valence-corrected chi connectivity index (χ1v) is 5.09. The third-order valence-corrected chi connectivity index (χ3v) is 2.13. The molecule has 7 nitrogen and oxygen atoms in total. The molecule has 2 aromatic heterocycles. The van der Waals surface area contributed by atoms with E-state index in [9.17, 15) is 4.79 Å². The van der Waals surface area contributed by atoms with Crippen LogP contribution in [0.5, 0.6) is 0 Å². The van der Waals surface area contributed by atoms with Crippen LogP contribution in [-0.2, 0) is 0 Å². The third-order valence-electron chi connectivity index (χ3n) is 1.89. The minimum absolute atomic E-state index is 0.191. The molecule has 8 heteroatoms. The third kappa shape index (κ3) is 2.58. The van der Waals surface area contributed by atoms with Crippen molar-refractivity contribution in [2.45, 2.75) is 0 Å². The number of halogens is 1. The normalized spacial score (nSPS) is 10.2. The smallest absolute Gasteiger partial charge is 0.290 e. The molecular weight excluding hydrogens is 244 g/mol. The first-order chi connectivity index (χ1) is 8.20. The summed E-state index contributed by atoms with van der Waals surface area (Å²) in [6.45, 7) is 0. The second-order valence-corrected chi connectivity index (χ2v) is 3.48. The predicted molar refractivity (Wildman–Crippen MR) is 63.1 cm³/mol. The van der Waals surface area contributed by atoms with Gasteiger partial charge in [-0.1, -0.05) is 11.6 Å². The van der Waals surface area contributed by atoms with Crippen LogP contribution >= 0.6 is 11.6 Å². The molecule has 2 N–H and O–H groups in total. The van der Waals surface area contributed by atoms with Crippen LogP contribution in [0.4, 0.5) is 5.95 Å². The van der Waals surface area contributed by atoms with Gasteiger partial charge < -0.3 is 0 Å². The van der Waals surface area contributed by atoms with E-state index in [0.717, 1.165) is 0 Å². The zero-order valence-electron chi connectivity index (χ0n) is 8.88. The molecule has 2 heterocycles. The van der Waals surface area contributed by atoms with Gasteiger partial charge in [-0.3, -0.25) is 5.43 Å². The van der Waals surface area contributed by atoms with E-state index >= 15 is 0 Å². The van der Waals surface area contributed by atoms with Gasteiger partial charge >= 0.3 is 5.69 Å². The van der Waals surface area contributed by atoms with Crippen molar-refractivity contribution >= 4 is 17.5 Å². The zero-order chi connectivity index (χ0) is 12.3. The molecule has 0 bridgehead atoms. The Morgan fingerprint density at radius 1 is 1.41 bits per heavy atom. The molecule has 0 fully saturated rings. The number of rotatable bonds is 3. The Kier molecular flexibility index (Phi) is 3.31. The largest absolute Gasteiger partial charge is 0.357 e. The molecule has 0 aliphatic rings. The number of aromatic nitrogens is 4. The van der Waals surface area contributed by atoms with Crippen molar-refractivity contribution in [3.63, 3.8) is 0 Å². The maximum absolute atomic E-state index is 11.7. The van der Waals surface area contributed by atoms with Gasteiger partial charge in [0.2, 0.25) is 5.95 Å². The Hall–Kier alpha value is -1.99. The van der Waals surface area contributed by atoms with E-state index in [1.54, 1.807) is 19.2 Å². The summed E-state index contributed by atoms with van der Waals surface area (Å²) in [6.07, 6.45) is 2.83. The molecular formula is C9H9ClN6O. The summed E-state index contributed by atoms with van der Waals surface area (Å²) < 4.78 is 1.20. The van der Waals surface area contributed by atoms with Gasteiger partial charge in [0, 0.05) is 24.3 Å². The number of nitrogens with one attached hydrogen (secondary N) is 2. The number of hydrogen-bond acceptors (Lipinski definition) is 6. The summed E-state index contributed by atoms with van der Waals surface area (Å²) in [5.74, 6) is 0.564. The van der Waals surface area contributed by atoms with Gasteiger partial charge in [0.25, 0.3) is 0 Å². The summed E-state index contributed by atoms with van der Waals surface area (Å²) in [4.78, 5) is 23.3. The van der Waals surface area contributed by atoms with E-state index in [4.69, 9.17) is 11.6 Å².